The Bertz CT molecular complexity index is 668. The molecule has 1 heterocycles. The van der Waals surface area contributed by atoms with E-state index >= 15 is 0 Å². The number of rotatable bonds is 4. The van der Waals surface area contributed by atoms with Gasteiger partial charge in [-0.1, -0.05) is 5.10 Å². The van der Waals surface area contributed by atoms with Crippen LogP contribution in [0.4, 0.5) is 17.4 Å². The molecule has 0 bridgehead atoms. The number of aliphatic imine (C=N–C) groups is 1. The molecule has 1 aromatic heterocycles. The Kier molecular flexibility index (Phi) is 3.96. The second-order valence-electron chi connectivity index (χ2n) is 4.30. The van der Waals surface area contributed by atoms with E-state index in [0.717, 1.165) is 0 Å². The van der Waals surface area contributed by atoms with Gasteiger partial charge in [-0.3, -0.25) is 0 Å². The zero-order valence-corrected chi connectivity index (χ0v) is 11.5. The van der Waals surface area contributed by atoms with E-state index in [1.807, 2.05) is 14.1 Å². The zero-order chi connectivity index (χ0) is 14.5. The molecule has 0 fully saturated rings. The van der Waals surface area contributed by atoms with Gasteiger partial charge in [0, 0.05) is 26.7 Å². The SMILES string of the molecule is Cc1nnc(Nc2ccc(N=CN(C)C)c(C#N)c2)o1. The first-order chi connectivity index (χ1) is 9.58. The van der Waals surface area contributed by atoms with Crippen LogP contribution in [-0.2, 0) is 0 Å². The Morgan fingerprint density at radius 1 is 1.40 bits per heavy atom. The largest absolute Gasteiger partial charge is 0.408 e. The van der Waals surface area contributed by atoms with Gasteiger partial charge in [-0.05, 0) is 18.2 Å². The predicted molar refractivity (Wildman–Crippen MR) is 75.3 cm³/mol. The van der Waals surface area contributed by atoms with Crippen molar-refractivity contribution in [3.8, 4) is 6.07 Å². The highest BCUT2D eigenvalue weighted by atomic mass is 16.4. The number of hydrogen-bond donors (Lipinski definition) is 1. The van der Waals surface area contributed by atoms with E-state index < -0.39 is 0 Å². The molecule has 0 aliphatic heterocycles. The maximum atomic E-state index is 9.16. The van der Waals surface area contributed by atoms with Crippen LogP contribution < -0.4 is 5.32 Å². The first-order valence-corrected chi connectivity index (χ1v) is 5.90. The number of nitrogens with zero attached hydrogens (tertiary/aromatic N) is 5. The number of aromatic nitrogens is 2. The smallest absolute Gasteiger partial charge is 0.320 e. The summed E-state index contributed by atoms with van der Waals surface area (Å²) in [5.74, 6) is 0.472. The summed E-state index contributed by atoms with van der Waals surface area (Å²) in [6.07, 6.45) is 1.64. The van der Waals surface area contributed by atoms with Crippen molar-refractivity contribution in [2.75, 3.05) is 19.4 Å². The van der Waals surface area contributed by atoms with Crippen LogP contribution >= 0.6 is 0 Å². The van der Waals surface area contributed by atoms with Crippen LogP contribution in [0.5, 0.6) is 0 Å². The summed E-state index contributed by atoms with van der Waals surface area (Å²) >= 11 is 0. The predicted octanol–water partition coefficient (Wildman–Crippen LogP) is 2.21. The second-order valence-corrected chi connectivity index (χ2v) is 4.30. The summed E-state index contributed by atoms with van der Waals surface area (Å²) in [6.45, 7) is 1.71. The maximum Gasteiger partial charge on any atom is 0.320 e. The van der Waals surface area contributed by atoms with Crippen molar-refractivity contribution >= 4 is 23.7 Å². The lowest BCUT2D eigenvalue weighted by Gasteiger charge is -2.05. The van der Waals surface area contributed by atoms with Crippen molar-refractivity contribution in [3.63, 3.8) is 0 Å². The van der Waals surface area contributed by atoms with Gasteiger partial charge in [0.1, 0.15) is 6.07 Å². The molecule has 0 aliphatic carbocycles. The standard InChI is InChI=1S/C13H14N6O/c1-9-17-18-13(20-9)16-11-4-5-12(10(6-11)7-14)15-8-19(2)3/h4-6,8H,1-3H3,(H,16,18). The molecule has 0 spiro atoms. The molecule has 0 unspecified atom stereocenters. The lowest BCUT2D eigenvalue weighted by Crippen LogP contribution is -2.07. The highest BCUT2D eigenvalue weighted by Gasteiger charge is 2.06. The normalized spacial score (nSPS) is 10.5. The fraction of sp³-hybridized carbons (Fsp3) is 0.231. The summed E-state index contributed by atoms with van der Waals surface area (Å²) < 4.78 is 5.22. The summed E-state index contributed by atoms with van der Waals surface area (Å²) in [6, 6.07) is 7.63. The van der Waals surface area contributed by atoms with E-state index in [1.54, 1.807) is 36.4 Å². The number of aryl methyl sites for hydroxylation is 1. The minimum Gasteiger partial charge on any atom is -0.408 e. The monoisotopic (exact) mass is 270 g/mol. The Labute approximate surface area is 116 Å². The van der Waals surface area contributed by atoms with Crippen molar-refractivity contribution < 1.29 is 4.42 Å². The van der Waals surface area contributed by atoms with Gasteiger partial charge in [-0.25, -0.2) is 4.99 Å². The number of hydrogen-bond acceptors (Lipinski definition) is 6. The third kappa shape index (κ3) is 3.32. The Morgan fingerprint density at radius 3 is 2.80 bits per heavy atom. The van der Waals surface area contributed by atoms with E-state index in [-0.39, 0.29) is 6.01 Å². The van der Waals surface area contributed by atoms with Gasteiger partial charge in [-0.15, -0.1) is 5.10 Å². The van der Waals surface area contributed by atoms with Crippen molar-refractivity contribution in [1.82, 2.24) is 15.1 Å². The quantitative estimate of drug-likeness (QED) is 0.676. The molecule has 2 aromatic rings. The average Bonchev–Trinajstić information content (AvgIpc) is 2.82. The molecule has 102 valence electrons. The van der Waals surface area contributed by atoms with Crippen molar-refractivity contribution in [2.45, 2.75) is 6.92 Å². The van der Waals surface area contributed by atoms with Crippen LogP contribution in [0.25, 0.3) is 0 Å². The molecule has 0 saturated heterocycles. The van der Waals surface area contributed by atoms with Crippen molar-refractivity contribution in [2.24, 2.45) is 4.99 Å². The van der Waals surface area contributed by atoms with Crippen molar-refractivity contribution in [3.05, 3.63) is 29.7 Å². The first-order valence-electron chi connectivity index (χ1n) is 5.90. The van der Waals surface area contributed by atoms with Crippen LogP contribution in [-0.4, -0.2) is 35.5 Å². The van der Waals surface area contributed by atoms with E-state index in [2.05, 4.69) is 26.6 Å². The number of benzene rings is 1. The first kappa shape index (κ1) is 13.5. The average molecular weight is 270 g/mol. The number of nitriles is 1. The molecule has 0 radical (unpaired) electrons. The fourth-order valence-electron chi connectivity index (χ4n) is 1.46. The molecule has 0 saturated carbocycles. The lowest BCUT2D eigenvalue weighted by molar-refractivity contribution is 0.535. The van der Waals surface area contributed by atoms with Gasteiger partial charge in [-0.2, -0.15) is 5.26 Å². The van der Waals surface area contributed by atoms with Crippen LogP contribution in [0.1, 0.15) is 11.5 Å². The summed E-state index contributed by atoms with van der Waals surface area (Å²) in [5.41, 5.74) is 1.76. The molecule has 0 atom stereocenters. The van der Waals surface area contributed by atoms with Gasteiger partial charge in [0.05, 0.1) is 17.6 Å². The van der Waals surface area contributed by atoms with Gasteiger partial charge in [0.15, 0.2) is 0 Å². The lowest BCUT2D eigenvalue weighted by atomic mass is 10.2. The summed E-state index contributed by atoms with van der Waals surface area (Å²) in [4.78, 5) is 6.03. The minimum absolute atomic E-state index is 0.288. The molecule has 1 aromatic carbocycles. The zero-order valence-electron chi connectivity index (χ0n) is 11.5. The number of nitrogens with one attached hydrogen (secondary N) is 1. The molecule has 20 heavy (non-hydrogen) atoms. The highest BCUT2D eigenvalue weighted by molar-refractivity contribution is 5.69. The summed E-state index contributed by atoms with van der Waals surface area (Å²) in [7, 11) is 3.73. The van der Waals surface area contributed by atoms with E-state index in [0.29, 0.717) is 22.8 Å². The molecular formula is C13H14N6O. The Morgan fingerprint density at radius 2 is 2.20 bits per heavy atom. The topological polar surface area (TPSA) is 90.3 Å². The second kappa shape index (κ2) is 5.84. The van der Waals surface area contributed by atoms with Gasteiger partial charge < -0.3 is 14.6 Å². The molecule has 0 amide bonds. The maximum absolute atomic E-state index is 9.16. The fourth-order valence-corrected chi connectivity index (χ4v) is 1.46. The third-order valence-corrected chi connectivity index (χ3v) is 2.32. The Hall–Kier alpha value is -2.88. The van der Waals surface area contributed by atoms with Crippen LogP contribution in [0, 0.1) is 18.3 Å². The minimum atomic E-state index is 0.288. The molecule has 7 heteroatoms. The molecular weight excluding hydrogens is 256 g/mol. The molecule has 0 aliphatic rings. The molecule has 2 rings (SSSR count). The van der Waals surface area contributed by atoms with Gasteiger partial charge >= 0.3 is 6.01 Å². The third-order valence-electron chi connectivity index (χ3n) is 2.32. The number of anilines is 2. The van der Waals surface area contributed by atoms with Crippen molar-refractivity contribution in [1.29, 1.82) is 5.26 Å². The highest BCUT2D eigenvalue weighted by Crippen LogP contribution is 2.24. The van der Waals surface area contributed by atoms with Crippen LogP contribution in [0.15, 0.2) is 27.6 Å². The Balaban J connectivity index is 2.23. The van der Waals surface area contributed by atoms with E-state index in [1.165, 1.54) is 0 Å². The van der Waals surface area contributed by atoms with Gasteiger partial charge in [0.2, 0.25) is 5.89 Å². The van der Waals surface area contributed by atoms with Crippen LogP contribution in [0.2, 0.25) is 0 Å². The van der Waals surface area contributed by atoms with E-state index in [4.69, 9.17) is 9.68 Å². The van der Waals surface area contributed by atoms with E-state index in [9.17, 15) is 0 Å². The summed E-state index contributed by atoms with van der Waals surface area (Å²) in [5, 5.41) is 19.6. The van der Waals surface area contributed by atoms with Gasteiger partial charge in [0.25, 0.3) is 0 Å². The molecule has 7 nitrogen and oxygen atoms in total. The van der Waals surface area contributed by atoms with Crippen LogP contribution in [0.3, 0.4) is 0 Å². The molecule has 1 N–H and O–H groups in total.